The van der Waals surface area contributed by atoms with Crippen molar-refractivity contribution < 1.29 is 28.9 Å². The Hall–Kier alpha value is -0.460. The number of hydrogen-bond donors (Lipinski definition) is 4. The van der Waals surface area contributed by atoms with Crippen molar-refractivity contribution in [2.24, 2.45) is 0 Å². The molecule has 0 aliphatic rings. The van der Waals surface area contributed by atoms with Gasteiger partial charge in [-0.25, -0.2) is 10.0 Å². The molecule has 0 radical (unpaired) electrons. The maximum Gasteiger partial charge on any atom is 0.526 e. The molecule has 4 N–H and O–H groups in total. The molecule has 7 nitrogen and oxygen atoms in total. The Morgan fingerprint density at radius 1 is 0.783 bits per heavy atom. The minimum atomic E-state index is -4.67. The highest BCUT2D eigenvalue weighted by atomic mass is 31.2. The Kier molecular flexibility index (Phi) is 14.8. The van der Waals surface area contributed by atoms with E-state index in [0.717, 1.165) is 32.1 Å². The summed E-state index contributed by atoms with van der Waals surface area (Å²) >= 11 is 0. The van der Waals surface area contributed by atoms with E-state index >= 15 is 0 Å². The first-order chi connectivity index (χ1) is 11.0. The van der Waals surface area contributed by atoms with Gasteiger partial charge in [-0.15, -0.1) is 0 Å². The Morgan fingerprint density at radius 3 is 1.57 bits per heavy atom. The Labute approximate surface area is 139 Å². The highest BCUT2D eigenvalue weighted by Gasteiger charge is 2.19. The van der Waals surface area contributed by atoms with Crippen LogP contribution < -0.4 is 5.48 Å². The summed E-state index contributed by atoms with van der Waals surface area (Å²) in [6.45, 7) is 0.678. The van der Waals surface area contributed by atoms with E-state index in [1.807, 2.05) is 0 Å². The van der Waals surface area contributed by atoms with E-state index in [1.165, 1.54) is 38.5 Å². The Morgan fingerprint density at radius 2 is 1.17 bits per heavy atom. The third-order valence-electron chi connectivity index (χ3n) is 3.64. The molecule has 0 aromatic heterocycles. The van der Waals surface area contributed by atoms with E-state index < -0.39 is 13.8 Å². The molecule has 0 fully saturated rings. The van der Waals surface area contributed by atoms with Crippen LogP contribution in [-0.2, 0) is 13.9 Å². The number of carbonyl (C=O) groups is 1. The molecule has 0 aliphatic carbocycles. The minimum absolute atomic E-state index is 0.0664. The number of phosphoric acid groups is 1. The zero-order valence-electron chi connectivity index (χ0n) is 13.9. The lowest BCUT2D eigenvalue weighted by atomic mass is 10.0. The van der Waals surface area contributed by atoms with Crippen LogP contribution in [0.4, 0.5) is 0 Å². The summed E-state index contributed by atoms with van der Waals surface area (Å²) in [7, 11) is -4.67. The van der Waals surface area contributed by atoms with Crippen LogP contribution in [0.25, 0.3) is 0 Å². The molecule has 0 saturated heterocycles. The molecule has 0 aromatic rings. The smallest absolute Gasteiger partial charge is 0.371 e. The highest BCUT2D eigenvalue weighted by Crippen LogP contribution is 2.36. The first kappa shape index (κ1) is 22.5. The topological polar surface area (TPSA) is 116 Å². The molecule has 0 spiro atoms. The van der Waals surface area contributed by atoms with Gasteiger partial charge >= 0.3 is 13.8 Å². The van der Waals surface area contributed by atoms with Crippen LogP contribution in [0.2, 0.25) is 0 Å². The van der Waals surface area contributed by atoms with E-state index in [9.17, 15) is 9.36 Å². The van der Waals surface area contributed by atoms with Gasteiger partial charge in [-0.1, -0.05) is 64.2 Å². The first-order valence-corrected chi connectivity index (χ1v) is 10.1. The Bertz CT molecular complexity index is 334. The van der Waals surface area contributed by atoms with E-state index in [4.69, 9.17) is 15.0 Å². The van der Waals surface area contributed by atoms with Gasteiger partial charge in [0.25, 0.3) is 0 Å². The average Bonchev–Trinajstić information content (AvgIpc) is 2.46. The molecule has 0 amide bonds. The number of phosphoric ester groups is 1. The van der Waals surface area contributed by atoms with Crippen molar-refractivity contribution >= 4 is 13.8 Å². The van der Waals surface area contributed by atoms with Gasteiger partial charge < -0.3 is 9.73 Å². The van der Waals surface area contributed by atoms with E-state index in [1.54, 1.807) is 0 Å². The fraction of sp³-hybridized carbons (Fsp3) is 0.933. The van der Waals surface area contributed by atoms with Gasteiger partial charge in [0.2, 0.25) is 0 Å². The van der Waals surface area contributed by atoms with Crippen molar-refractivity contribution in [1.29, 1.82) is 0 Å². The lowest BCUT2D eigenvalue weighted by Crippen LogP contribution is -2.07. The van der Waals surface area contributed by atoms with Crippen molar-refractivity contribution in [3.63, 3.8) is 0 Å². The Balaban J connectivity index is 3.16. The molecule has 0 aromatic carbocycles. The third kappa shape index (κ3) is 19.5. The maximum atomic E-state index is 11.0. The highest BCUT2D eigenvalue weighted by molar-refractivity contribution is 7.46. The van der Waals surface area contributed by atoms with Gasteiger partial charge in [-0.05, 0) is 12.8 Å². The lowest BCUT2D eigenvalue weighted by Gasteiger charge is -2.05. The van der Waals surface area contributed by atoms with Crippen molar-refractivity contribution in [2.45, 2.75) is 83.5 Å². The van der Waals surface area contributed by atoms with E-state index in [0.29, 0.717) is 13.0 Å². The van der Waals surface area contributed by atoms with Gasteiger partial charge in [0.05, 0.1) is 0 Å². The second-order valence-corrected chi connectivity index (χ2v) is 7.02. The van der Waals surface area contributed by atoms with Crippen molar-refractivity contribution in [3.8, 4) is 0 Å². The SMILES string of the molecule is O=C(CCCCCCCCCCCCCCNO)OP(=O)(O)O. The monoisotopic (exact) mass is 353 g/mol. The molecule has 0 aliphatic heterocycles. The minimum Gasteiger partial charge on any atom is -0.371 e. The number of rotatable bonds is 16. The van der Waals surface area contributed by atoms with Crippen LogP contribution in [0, 0.1) is 0 Å². The van der Waals surface area contributed by atoms with E-state index in [2.05, 4.69) is 10.0 Å². The molecular weight excluding hydrogens is 321 g/mol. The zero-order chi connectivity index (χ0) is 17.4. The second kappa shape index (κ2) is 15.1. The summed E-state index contributed by atoms with van der Waals surface area (Å²) in [6.07, 6.45) is 13.4. The summed E-state index contributed by atoms with van der Waals surface area (Å²) in [5.74, 6) is -0.826. The van der Waals surface area contributed by atoms with Gasteiger partial charge in [0.15, 0.2) is 0 Å². The van der Waals surface area contributed by atoms with Gasteiger partial charge in [-0.3, -0.25) is 14.6 Å². The van der Waals surface area contributed by atoms with Crippen molar-refractivity contribution in [3.05, 3.63) is 0 Å². The second-order valence-electron chi connectivity index (χ2n) is 5.85. The summed E-state index contributed by atoms with van der Waals surface area (Å²) in [6, 6.07) is 0. The number of hydrogen-bond acceptors (Lipinski definition) is 5. The van der Waals surface area contributed by atoms with Crippen LogP contribution in [0.15, 0.2) is 0 Å². The third-order valence-corrected chi connectivity index (χ3v) is 4.08. The fourth-order valence-corrected chi connectivity index (χ4v) is 2.78. The largest absolute Gasteiger partial charge is 0.526 e. The van der Waals surface area contributed by atoms with Gasteiger partial charge in [-0.2, -0.15) is 0 Å². The number of hydroxylamine groups is 1. The van der Waals surface area contributed by atoms with Crippen LogP contribution >= 0.6 is 7.82 Å². The molecule has 138 valence electrons. The summed E-state index contributed by atoms with van der Waals surface area (Å²) < 4.78 is 14.4. The molecule has 23 heavy (non-hydrogen) atoms. The van der Waals surface area contributed by atoms with Gasteiger partial charge in [0.1, 0.15) is 0 Å². The van der Waals surface area contributed by atoms with Crippen LogP contribution in [0.3, 0.4) is 0 Å². The predicted molar refractivity (Wildman–Crippen MR) is 87.9 cm³/mol. The molecule has 0 saturated carbocycles. The lowest BCUT2D eigenvalue weighted by molar-refractivity contribution is -0.135. The molecule has 0 bridgehead atoms. The quantitative estimate of drug-likeness (QED) is 0.190. The van der Waals surface area contributed by atoms with E-state index in [-0.39, 0.29) is 6.42 Å². The van der Waals surface area contributed by atoms with Crippen LogP contribution in [0.5, 0.6) is 0 Å². The summed E-state index contributed by atoms with van der Waals surface area (Å²) in [4.78, 5) is 28.0. The number of carbonyl (C=O) groups excluding carboxylic acids is 1. The summed E-state index contributed by atoms with van der Waals surface area (Å²) in [5.41, 5.74) is 2.16. The van der Waals surface area contributed by atoms with Gasteiger partial charge in [0, 0.05) is 13.0 Å². The van der Waals surface area contributed by atoms with Crippen molar-refractivity contribution in [2.75, 3.05) is 6.54 Å². The molecule has 0 atom stereocenters. The fourth-order valence-electron chi connectivity index (χ4n) is 2.42. The summed E-state index contributed by atoms with van der Waals surface area (Å²) in [5, 5.41) is 8.41. The molecular formula is C15H32NO6P. The molecule has 0 unspecified atom stereocenters. The molecule has 8 heteroatoms. The standard InChI is InChI=1S/C15H32NO6P/c17-15(22-23(19,20)21)13-11-9-7-5-3-1-2-4-6-8-10-12-14-16-18/h16,18H,1-14H2,(H2,19,20,21). The zero-order valence-corrected chi connectivity index (χ0v) is 14.8. The average molecular weight is 353 g/mol. The number of nitrogens with one attached hydrogen (secondary N) is 1. The van der Waals surface area contributed by atoms with Crippen LogP contribution in [0.1, 0.15) is 83.5 Å². The maximum absolute atomic E-state index is 11.0. The number of unbranched alkanes of at least 4 members (excludes halogenated alkanes) is 11. The first-order valence-electron chi connectivity index (χ1n) is 8.60. The molecule has 0 heterocycles. The normalized spacial score (nSPS) is 11.6. The predicted octanol–water partition coefficient (Wildman–Crippen LogP) is 3.67. The van der Waals surface area contributed by atoms with Crippen LogP contribution in [-0.4, -0.2) is 27.5 Å². The molecule has 0 rings (SSSR count). The van der Waals surface area contributed by atoms with Crippen molar-refractivity contribution in [1.82, 2.24) is 5.48 Å².